The first-order valence-corrected chi connectivity index (χ1v) is 7.64. The molecule has 21 heavy (non-hydrogen) atoms. The molecule has 0 spiro atoms. The molecule has 1 saturated heterocycles. The van der Waals surface area contributed by atoms with E-state index in [0.717, 1.165) is 18.5 Å². The number of ether oxygens (including phenoxy) is 2. The number of benzene rings is 1. The van der Waals surface area contributed by atoms with E-state index in [4.69, 9.17) is 9.47 Å². The molecule has 3 rings (SSSR count). The Kier molecular flexibility index (Phi) is 4.80. The predicted molar refractivity (Wildman–Crippen MR) is 83.5 cm³/mol. The Hall–Kier alpha value is -1.49. The van der Waals surface area contributed by atoms with E-state index >= 15 is 0 Å². The van der Waals surface area contributed by atoms with Crippen LogP contribution in [0.5, 0.6) is 0 Å². The number of aromatic nitrogens is 1. The zero-order chi connectivity index (χ0) is 14.5. The zero-order valence-corrected chi connectivity index (χ0v) is 12.4. The summed E-state index contributed by atoms with van der Waals surface area (Å²) in [7, 11) is 0. The smallest absolute Gasteiger partial charge is 0.0965 e. The van der Waals surface area contributed by atoms with Crippen molar-refractivity contribution >= 4 is 10.9 Å². The van der Waals surface area contributed by atoms with Crippen molar-refractivity contribution in [3.8, 4) is 0 Å². The third-order valence-electron chi connectivity index (χ3n) is 3.94. The van der Waals surface area contributed by atoms with Gasteiger partial charge in [-0.1, -0.05) is 25.1 Å². The standard InChI is InChI=1S/C17H22N2O2/c1-2-18-16(17-12-20-9-10-21-17)11-13-7-8-19-15-6-4-3-5-14(13)15/h3-8,16-18H,2,9-12H2,1H3. The fourth-order valence-electron chi connectivity index (χ4n) is 2.91. The van der Waals surface area contributed by atoms with Gasteiger partial charge in [0.2, 0.25) is 0 Å². The van der Waals surface area contributed by atoms with E-state index in [9.17, 15) is 0 Å². The molecule has 0 bridgehead atoms. The summed E-state index contributed by atoms with van der Waals surface area (Å²) >= 11 is 0. The Morgan fingerprint density at radius 2 is 2.19 bits per heavy atom. The van der Waals surface area contributed by atoms with E-state index in [1.807, 2.05) is 12.3 Å². The molecule has 2 aromatic rings. The molecule has 4 heteroatoms. The second kappa shape index (κ2) is 6.98. The van der Waals surface area contributed by atoms with E-state index < -0.39 is 0 Å². The van der Waals surface area contributed by atoms with Crippen LogP contribution in [0.25, 0.3) is 10.9 Å². The van der Waals surface area contributed by atoms with Gasteiger partial charge in [0.1, 0.15) is 0 Å². The molecule has 0 radical (unpaired) electrons. The van der Waals surface area contributed by atoms with Crippen LogP contribution in [0, 0.1) is 0 Å². The lowest BCUT2D eigenvalue weighted by molar-refractivity contribution is -0.101. The number of hydrogen-bond donors (Lipinski definition) is 1. The highest BCUT2D eigenvalue weighted by molar-refractivity contribution is 5.81. The van der Waals surface area contributed by atoms with Crippen molar-refractivity contribution in [3.63, 3.8) is 0 Å². The Balaban J connectivity index is 1.83. The third-order valence-corrected chi connectivity index (χ3v) is 3.94. The van der Waals surface area contributed by atoms with Gasteiger partial charge in [-0.15, -0.1) is 0 Å². The molecule has 1 aromatic carbocycles. The van der Waals surface area contributed by atoms with Crippen molar-refractivity contribution < 1.29 is 9.47 Å². The topological polar surface area (TPSA) is 43.4 Å². The van der Waals surface area contributed by atoms with Gasteiger partial charge < -0.3 is 14.8 Å². The quantitative estimate of drug-likeness (QED) is 0.915. The van der Waals surface area contributed by atoms with Crippen molar-refractivity contribution in [2.45, 2.75) is 25.5 Å². The summed E-state index contributed by atoms with van der Waals surface area (Å²) in [4.78, 5) is 4.43. The molecule has 112 valence electrons. The minimum atomic E-state index is 0.116. The summed E-state index contributed by atoms with van der Waals surface area (Å²) in [5, 5.41) is 4.76. The maximum Gasteiger partial charge on any atom is 0.0965 e. The molecule has 0 amide bonds. The van der Waals surface area contributed by atoms with Crippen LogP contribution in [0.3, 0.4) is 0 Å². The van der Waals surface area contributed by atoms with Crippen LogP contribution < -0.4 is 5.32 Å². The summed E-state index contributed by atoms with van der Waals surface area (Å²) in [5.74, 6) is 0. The molecular weight excluding hydrogens is 264 g/mol. The van der Waals surface area contributed by atoms with Crippen LogP contribution >= 0.6 is 0 Å². The fourth-order valence-corrected chi connectivity index (χ4v) is 2.91. The van der Waals surface area contributed by atoms with Gasteiger partial charge in [-0.2, -0.15) is 0 Å². The predicted octanol–water partition coefficient (Wildman–Crippen LogP) is 2.17. The van der Waals surface area contributed by atoms with Gasteiger partial charge in [0.05, 0.1) is 31.4 Å². The molecule has 0 saturated carbocycles. The molecule has 1 fully saturated rings. The largest absolute Gasteiger partial charge is 0.376 e. The van der Waals surface area contributed by atoms with Crippen molar-refractivity contribution in [2.24, 2.45) is 0 Å². The van der Waals surface area contributed by atoms with Crippen LogP contribution in [0.2, 0.25) is 0 Å². The van der Waals surface area contributed by atoms with Crippen LogP contribution in [-0.4, -0.2) is 43.5 Å². The molecule has 2 unspecified atom stereocenters. The van der Waals surface area contributed by atoms with Crippen LogP contribution in [0.4, 0.5) is 0 Å². The summed E-state index contributed by atoms with van der Waals surface area (Å²) < 4.78 is 11.4. The summed E-state index contributed by atoms with van der Waals surface area (Å²) in [5.41, 5.74) is 2.35. The first-order valence-electron chi connectivity index (χ1n) is 7.64. The first-order chi connectivity index (χ1) is 10.4. The van der Waals surface area contributed by atoms with E-state index in [2.05, 4.69) is 41.5 Å². The molecule has 4 nitrogen and oxygen atoms in total. The Morgan fingerprint density at radius 3 is 3.00 bits per heavy atom. The van der Waals surface area contributed by atoms with Crippen molar-refractivity contribution in [3.05, 3.63) is 42.1 Å². The highest BCUT2D eigenvalue weighted by Crippen LogP contribution is 2.19. The van der Waals surface area contributed by atoms with Gasteiger partial charge in [0.25, 0.3) is 0 Å². The van der Waals surface area contributed by atoms with E-state index in [-0.39, 0.29) is 12.1 Å². The number of pyridine rings is 1. The maximum atomic E-state index is 5.87. The summed E-state index contributed by atoms with van der Waals surface area (Å²) in [6.07, 6.45) is 2.93. The van der Waals surface area contributed by atoms with Gasteiger partial charge >= 0.3 is 0 Å². The highest BCUT2D eigenvalue weighted by Gasteiger charge is 2.25. The van der Waals surface area contributed by atoms with Gasteiger partial charge in [-0.25, -0.2) is 0 Å². The first kappa shape index (κ1) is 14.4. The van der Waals surface area contributed by atoms with E-state index in [1.165, 1.54) is 10.9 Å². The summed E-state index contributed by atoms with van der Waals surface area (Å²) in [6, 6.07) is 10.7. The van der Waals surface area contributed by atoms with Crippen molar-refractivity contribution in [1.29, 1.82) is 0 Å². The second-order valence-corrected chi connectivity index (χ2v) is 5.34. The monoisotopic (exact) mass is 286 g/mol. The fraction of sp³-hybridized carbons (Fsp3) is 0.471. The normalized spacial score (nSPS) is 20.5. The lowest BCUT2D eigenvalue weighted by Crippen LogP contribution is -2.47. The molecule has 1 N–H and O–H groups in total. The van der Waals surface area contributed by atoms with E-state index in [1.54, 1.807) is 0 Å². The zero-order valence-electron chi connectivity index (χ0n) is 12.4. The lowest BCUT2D eigenvalue weighted by Gasteiger charge is -2.31. The maximum absolute atomic E-state index is 5.87. The Bertz CT molecular complexity index is 577. The molecule has 2 atom stereocenters. The van der Waals surface area contributed by atoms with Crippen LogP contribution in [0.1, 0.15) is 12.5 Å². The molecule has 2 heterocycles. The molecular formula is C17H22N2O2. The summed E-state index contributed by atoms with van der Waals surface area (Å²) in [6.45, 7) is 5.10. The second-order valence-electron chi connectivity index (χ2n) is 5.34. The number of para-hydroxylation sites is 1. The number of hydrogen-bond acceptors (Lipinski definition) is 4. The molecule has 1 aromatic heterocycles. The molecule has 1 aliphatic heterocycles. The number of rotatable bonds is 5. The van der Waals surface area contributed by atoms with Crippen molar-refractivity contribution in [1.82, 2.24) is 10.3 Å². The van der Waals surface area contributed by atoms with Crippen LogP contribution in [0.15, 0.2) is 36.5 Å². The van der Waals surface area contributed by atoms with Gasteiger partial charge in [0.15, 0.2) is 0 Å². The number of nitrogens with one attached hydrogen (secondary N) is 1. The SMILES string of the molecule is CCNC(Cc1ccnc2ccccc12)C1COCCO1. The van der Waals surface area contributed by atoms with Crippen LogP contribution in [-0.2, 0) is 15.9 Å². The Morgan fingerprint density at radius 1 is 1.29 bits per heavy atom. The van der Waals surface area contributed by atoms with Gasteiger partial charge in [-0.3, -0.25) is 4.98 Å². The molecule has 0 aliphatic carbocycles. The Labute approximate surface area is 125 Å². The number of fused-ring (bicyclic) bond motifs is 1. The third kappa shape index (κ3) is 3.40. The average Bonchev–Trinajstić information content (AvgIpc) is 2.55. The van der Waals surface area contributed by atoms with Crippen molar-refractivity contribution in [2.75, 3.05) is 26.4 Å². The van der Waals surface area contributed by atoms with Gasteiger partial charge in [0, 0.05) is 17.6 Å². The lowest BCUT2D eigenvalue weighted by atomic mass is 9.98. The van der Waals surface area contributed by atoms with Gasteiger partial charge in [-0.05, 0) is 30.7 Å². The minimum Gasteiger partial charge on any atom is -0.376 e. The number of likely N-dealkylation sites (N-methyl/N-ethyl adjacent to an activating group) is 1. The average molecular weight is 286 g/mol. The van der Waals surface area contributed by atoms with E-state index in [0.29, 0.717) is 19.8 Å². The highest BCUT2D eigenvalue weighted by atomic mass is 16.6. The molecule has 1 aliphatic rings. The number of nitrogens with zero attached hydrogens (tertiary/aromatic N) is 1. The minimum absolute atomic E-state index is 0.116.